The number of nitrogens with zero attached hydrogens (tertiary/aromatic N) is 2. The molecule has 0 radical (unpaired) electrons. The quantitative estimate of drug-likeness (QED) is 0.106. The van der Waals surface area contributed by atoms with Gasteiger partial charge in [0.2, 0.25) is 5.91 Å². The lowest BCUT2D eigenvalue weighted by molar-refractivity contribution is -0.115. The topological polar surface area (TPSA) is 82.8 Å². The van der Waals surface area contributed by atoms with Gasteiger partial charge in [-0.1, -0.05) is 48.2 Å². The molecule has 0 saturated carbocycles. The summed E-state index contributed by atoms with van der Waals surface area (Å²) in [5, 5.41) is 14.7. The van der Waals surface area contributed by atoms with Gasteiger partial charge in [0.15, 0.2) is 5.78 Å². The highest BCUT2D eigenvalue weighted by atomic mass is 32.2. The van der Waals surface area contributed by atoms with Crippen LogP contribution in [-0.4, -0.2) is 21.9 Å². The summed E-state index contributed by atoms with van der Waals surface area (Å²) in [6.07, 6.45) is 3.31. The molecule has 5 rings (SSSR count). The van der Waals surface area contributed by atoms with Crippen molar-refractivity contribution in [1.29, 1.82) is 5.26 Å². The number of benzene rings is 3. The maximum Gasteiger partial charge on any atom is 0.237 e. The fourth-order valence-corrected chi connectivity index (χ4v) is 5.70. The van der Waals surface area contributed by atoms with Gasteiger partial charge in [-0.3, -0.25) is 9.59 Å². The number of rotatable bonds is 9. The van der Waals surface area contributed by atoms with Crippen LogP contribution in [0.5, 0.6) is 0 Å². The molecule has 5 nitrogen and oxygen atoms in total. The van der Waals surface area contributed by atoms with Crippen molar-refractivity contribution in [2.24, 2.45) is 0 Å². The summed E-state index contributed by atoms with van der Waals surface area (Å²) in [5.74, 6) is -0.769. The van der Waals surface area contributed by atoms with Crippen molar-refractivity contribution in [3.05, 3.63) is 130 Å². The highest BCUT2D eigenvalue weighted by molar-refractivity contribution is 8.00. The number of allylic oxidation sites excluding steroid dienone is 1. The average Bonchev–Trinajstić information content (AvgIpc) is 3.54. The first-order valence-electron chi connectivity index (χ1n) is 13.0. The zero-order valence-corrected chi connectivity index (χ0v) is 24.1. The number of halogens is 1. The van der Waals surface area contributed by atoms with Crippen molar-refractivity contribution in [3.8, 4) is 28.5 Å². The highest BCUT2D eigenvalue weighted by Gasteiger charge is 2.22. The molecule has 1 unspecified atom stereocenters. The second-order valence-corrected chi connectivity index (χ2v) is 11.6. The van der Waals surface area contributed by atoms with E-state index in [0.717, 1.165) is 10.4 Å². The summed E-state index contributed by atoms with van der Waals surface area (Å²) in [7, 11) is 0. The first-order valence-corrected chi connectivity index (χ1v) is 14.8. The van der Waals surface area contributed by atoms with Crippen molar-refractivity contribution in [2.45, 2.75) is 17.2 Å². The molecule has 5 aromatic rings. The number of carbonyl (C=O) groups excluding carboxylic acids is 2. The van der Waals surface area contributed by atoms with Gasteiger partial charge in [0.05, 0.1) is 16.5 Å². The fourth-order valence-electron chi connectivity index (χ4n) is 4.15. The number of thioether (sulfide) groups is 1. The van der Waals surface area contributed by atoms with E-state index in [4.69, 9.17) is 4.98 Å². The van der Waals surface area contributed by atoms with Crippen LogP contribution >= 0.6 is 23.1 Å². The molecule has 3 aromatic carbocycles. The smallest absolute Gasteiger partial charge is 0.237 e. The first-order chi connectivity index (χ1) is 20.4. The van der Waals surface area contributed by atoms with E-state index in [1.54, 1.807) is 60.7 Å². The predicted octanol–water partition coefficient (Wildman–Crippen LogP) is 8.50. The molecule has 206 valence electrons. The number of hydrogen-bond donors (Lipinski definition) is 1. The van der Waals surface area contributed by atoms with E-state index < -0.39 is 5.25 Å². The molecule has 1 amide bonds. The molecule has 42 heavy (non-hydrogen) atoms. The number of pyridine rings is 1. The van der Waals surface area contributed by atoms with Crippen LogP contribution in [0.15, 0.2) is 114 Å². The number of nitrogens with one attached hydrogen (secondary N) is 1. The Labute approximate surface area is 251 Å². The normalized spacial score (nSPS) is 11.6. The molecule has 0 bridgehead atoms. The van der Waals surface area contributed by atoms with Crippen LogP contribution in [0.4, 0.5) is 10.1 Å². The minimum atomic E-state index is -0.605. The lowest BCUT2D eigenvalue weighted by atomic mass is 9.99. The van der Waals surface area contributed by atoms with Crippen molar-refractivity contribution in [1.82, 2.24) is 4.98 Å². The fraction of sp³-hybridized carbons (Fsp3) is 0.0588. The van der Waals surface area contributed by atoms with Gasteiger partial charge in [-0.2, -0.15) is 5.26 Å². The number of thiophene rings is 1. The number of amides is 1. The van der Waals surface area contributed by atoms with Crippen LogP contribution < -0.4 is 5.32 Å². The minimum Gasteiger partial charge on any atom is -0.325 e. The number of aromatic nitrogens is 1. The summed E-state index contributed by atoms with van der Waals surface area (Å²) < 4.78 is 13.6. The molecule has 8 heteroatoms. The van der Waals surface area contributed by atoms with Gasteiger partial charge in [-0.25, -0.2) is 9.37 Å². The molecule has 0 aliphatic rings. The van der Waals surface area contributed by atoms with E-state index in [0.29, 0.717) is 38.7 Å². The molecule has 1 N–H and O–H groups in total. The van der Waals surface area contributed by atoms with Gasteiger partial charge in [-0.15, -0.1) is 11.3 Å². The van der Waals surface area contributed by atoms with Crippen LogP contribution in [0.1, 0.15) is 27.7 Å². The average molecular weight is 590 g/mol. The molecule has 2 aromatic heterocycles. The van der Waals surface area contributed by atoms with Crippen LogP contribution in [0.3, 0.4) is 0 Å². The van der Waals surface area contributed by atoms with Gasteiger partial charge in [0.1, 0.15) is 16.9 Å². The van der Waals surface area contributed by atoms with Gasteiger partial charge in [0.25, 0.3) is 0 Å². The van der Waals surface area contributed by atoms with Crippen molar-refractivity contribution >= 4 is 46.6 Å². The third-order valence-electron chi connectivity index (χ3n) is 6.36. The highest BCUT2D eigenvalue weighted by Crippen LogP contribution is 2.36. The SMILES string of the molecule is CC(Sc1nc(-c2ccc(F)cc2)cc(-c2ccccc2)c1C#N)C(=O)Nc1ccc(C(=O)/C=C/c2cccs2)cc1. The van der Waals surface area contributed by atoms with E-state index in [1.165, 1.54) is 30.0 Å². The first kappa shape index (κ1) is 28.7. The standard InChI is InChI=1S/C34H24FN3O2S2/c1-22(33(40)37-27-15-11-25(12-16-27)32(39)18-17-28-8-5-19-41-28)42-34-30(21-36)29(23-6-3-2-4-7-23)20-31(38-34)24-9-13-26(35)14-10-24/h2-20,22H,1H3,(H,37,40)/b18-17+. The molecule has 0 aliphatic carbocycles. The second-order valence-electron chi connectivity index (χ2n) is 9.26. The number of anilines is 1. The van der Waals surface area contributed by atoms with Gasteiger partial charge in [0, 0.05) is 27.3 Å². The zero-order valence-electron chi connectivity index (χ0n) is 22.5. The van der Waals surface area contributed by atoms with Crippen LogP contribution in [0.25, 0.3) is 28.5 Å². The molecular formula is C34H24FN3O2S2. The number of carbonyl (C=O) groups is 2. The Morgan fingerprint density at radius 1 is 0.976 bits per heavy atom. The Morgan fingerprint density at radius 2 is 1.71 bits per heavy atom. The van der Waals surface area contributed by atoms with Crippen molar-refractivity contribution in [2.75, 3.05) is 5.32 Å². The Hall–Kier alpha value is -4.84. The van der Waals surface area contributed by atoms with E-state index in [9.17, 15) is 19.2 Å². The van der Waals surface area contributed by atoms with Gasteiger partial charge in [-0.05, 0) is 90.7 Å². The number of ketones is 1. The zero-order chi connectivity index (χ0) is 29.5. The van der Waals surface area contributed by atoms with E-state index in [-0.39, 0.29) is 17.5 Å². The Kier molecular flexibility index (Phi) is 9.02. The minimum absolute atomic E-state index is 0.129. The Morgan fingerprint density at radius 3 is 2.38 bits per heavy atom. The molecule has 1 atom stereocenters. The second kappa shape index (κ2) is 13.2. The van der Waals surface area contributed by atoms with E-state index in [2.05, 4.69) is 11.4 Å². The predicted molar refractivity (Wildman–Crippen MR) is 168 cm³/mol. The van der Waals surface area contributed by atoms with Crippen LogP contribution in [0.2, 0.25) is 0 Å². The Bertz CT molecular complexity index is 1780. The maximum atomic E-state index is 13.6. The summed E-state index contributed by atoms with van der Waals surface area (Å²) in [4.78, 5) is 31.4. The molecule has 0 saturated heterocycles. The monoisotopic (exact) mass is 589 g/mol. The largest absolute Gasteiger partial charge is 0.325 e. The summed E-state index contributed by atoms with van der Waals surface area (Å²) in [6.45, 7) is 1.74. The van der Waals surface area contributed by atoms with Gasteiger partial charge >= 0.3 is 0 Å². The molecular weight excluding hydrogens is 566 g/mol. The van der Waals surface area contributed by atoms with Crippen molar-refractivity contribution < 1.29 is 14.0 Å². The third-order valence-corrected chi connectivity index (χ3v) is 8.28. The summed E-state index contributed by atoms with van der Waals surface area (Å²) in [6, 6.07) is 30.1. The summed E-state index contributed by atoms with van der Waals surface area (Å²) >= 11 is 2.72. The number of hydrogen-bond acceptors (Lipinski definition) is 6. The molecule has 0 fully saturated rings. The van der Waals surface area contributed by atoms with Crippen LogP contribution in [-0.2, 0) is 4.79 Å². The van der Waals surface area contributed by atoms with E-state index in [1.807, 2.05) is 53.9 Å². The van der Waals surface area contributed by atoms with E-state index >= 15 is 0 Å². The third kappa shape index (κ3) is 6.89. The molecule has 0 spiro atoms. The molecule has 2 heterocycles. The summed E-state index contributed by atoms with van der Waals surface area (Å²) in [5.41, 5.74) is 4.18. The maximum absolute atomic E-state index is 13.6. The lowest BCUT2D eigenvalue weighted by Gasteiger charge is -2.16. The van der Waals surface area contributed by atoms with Crippen molar-refractivity contribution in [3.63, 3.8) is 0 Å². The van der Waals surface area contributed by atoms with Crippen LogP contribution in [0, 0.1) is 17.1 Å². The Balaban J connectivity index is 1.35. The lowest BCUT2D eigenvalue weighted by Crippen LogP contribution is -2.22. The number of nitriles is 1. The van der Waals surface area contributed by atoms with Gasteiger partial charge < -0.3 is 5.32 Å². The molecule has 0 aliphatic heterocycles.